The van der Waals surface area contributed by atoms with Crippen molar-refractivity contribution in [2.45, 2.75) is 45.5 Å². The molecule has 0 aromatic rings. The van der Waals surface area contributed by atoms with Gasteiger partial charge in [-0.15, -0.1) is 9.24 Å². The van der Waals surface area contributed by atoms with Gasteiger partial charge in [0, 0.05) is 10.2 Å². The molecule has 0 bridgehead atoms. The van der Waals surface area contributed by atoms with Crippen LogP contribution in [0.25, 0.3) is 0 Å². The third-order valence-corrected chi connectivity index (χ3v) is 5.40. The highest BCUT2D eigenvalue weighted by molar-refractivity contribution is 8.77. The molecule has 3 heteroatoms. The molecule has 2 unspecified atom stereocenters. The lowest BCUT2D eigenvalue weighted by atomic mass is 9.90. The Hall–Kier alpha value is 1.13. The molecule has 0 saturated carbocycles. The number of hydrogen-bond acceptors (Lipinski definition) is 2. The molecule has 0 N–H and O–H groups in total. The summed E-state index contributed by atoms with van der Waals surface area (Å²) < 4.78 is 0.332. The lowest BCUT2D eigenvalue weighted by molar-refractivity contribution is 0.369. The molecule has 0 saturated heterocycles. The molecule has 0 aliphatic rings. The Morgan fingerprint density at radius 3 is 2.00 bits per heavy atom. The van der Waals surface area contributed by atoms with Gasteiger partial charge in [0.1, 0.15) is 0 Å². The first-order valence-corrected chi connectivity index (χ1v) is 7.26. The van der Waals surface area contributed by atoms with E-state index in [9.17, 15) is 0 Å². The van der Waals surface area contributed by atoms with Gasteiger partial charge in [-0.3, -0.25) is 0 Å². The summed E-state index contributed by atoms with van der Waals surface area (Å²) in [4.78, 5) is 0. The SMILES string of the molecule is CCSSC(C)(P)CC(C)(C)C. The van der Waals surface area contributed by atoms with Crippen molar-refractivity contribution >= 4 is 30.8 Å². The maximum absolute atomic E-state index is 2.97. The van der Waals surface area contributed by atoms with Gasteiger partial charge in [0.05, 0.1) is 0 Å². The first-order valence-electron chi connectivity index (χ1n) is 4.36. The van der Waals surface area contributed by atoms with Crippen LogP contribution >= 0.6 is 30.8 Å². The molecule has 0 heterocycles. The van der Waals surface area contributed by atoms with Gasteiger partial charge in [0.2, 0.25) is 0 Å². The Morgan fingerprint density at radius 1 is 1.17 bits per heavy atom. The van der Waals surface area contributed by atoms with Gasteiger partial charge in [-0.25, -0.2) is 0 Å². The van der Waals surface area contributed by atoms with Crippen molar-refractivity contribution < 1.29 is 0 Å². The summed E-state index contributed by atoms with van der Waals surface area (Å²) >= 11 is 0. The van der Waals surface area contributed by atoms with E-state index < -0.39 is 0 Å². The zero-order chi connectivity index (χ0) is 9.83. The molecule has 0 amide bonds. The summed E-state index contributed by atoms with van der Waals surface area (Å²) in [6, 6.07) is 0. The van der Waals surface area contributed by atoms with Crippen molar-refractivity contribution in [1.82, 2.24) is 0 Å². The van der Waals surface area contributed by atoms with Gasteiger partial charge < -0.3 is 0 Å². The summed E-state index contributed by atoms with van der Waals surface area (Å²) in [5.41, 5.74) is 0.428. The fourth-order valence-electron chi connectivity index (χ4n) is 1.28. The number of rotatable bonds is 4. The van der Waals surface area contributed by atoms with E-state index in [1.54, 1.807) is 0 Å². The first kappa shape index (κ1) is 13.1. The molecular weight excluding hydrogens is 203 g/mol. The molecule has 0 radical (unpaired) electrons. The van der Waals surface area contributed by atoms with E-state index in [1.165, 1.54) is 12.2 Å². The largest absolute Gasteiger partial charge is 0.120 e. The van der Waals surface area contributed by atoms with Gasteiger partial charge in [-0.05, 0) is 18.8 Å². The minimum atomic E-state index is 0.332. The highest BCUT2D eigenvalue weighted by atomic mass is 33.1. The molecular formula is C9H21PS2. The Morgan fingerprint density at radius 2 is 1.67 bits per heavy atom. The summed E-state index contributed by atoms with van der Waals surface area (Å²) in [6.07, 6.45) is 1.24. The Bertz CT molecular complexity index is 127. The van der Waals surface area contributed by atoms with Crippen LogP contribution in [0.2, 0.25) is 0 Å². The number of hydrogen-bond donors (Lipinski definition) is 0. The van der Waals surface area contributed by atoms with Crippen molar-refractivity contribution in [3.63, 3.8) is 0 Å². The molecule has 0 fully saturated rings. The molecule has 0 rings (SSSR count). The lowest BCUT2D eigenvalue weighted by Gasteiger charge is -2.30. The normalized spacial score (nSPS) is 17.5. The summed E-state index contributed by atoms with van der Waals surface area (Å²) in [5.74, 6) is 1.19. The van der Waals surface area contributed by atoms with Crippen LogP contribution in [-0.4, -0.2) is 10.2 Å². The van der Waals surface area contributed by atoms with Crippen LogP contribution in [0.5, 0.6) is 0 Å². The Kier molecular flexibility index (Phi) is 5.60. The van der Waals surface area contributed by atoms with Crippen LogP contribution in [0.1, 0.15) is 41.0 Å². The molecule has 12 heavy (non-hydrogen) atoms. The Balaban J connectivity index is 3.86. The maximum Gasteiger partial charge on any atom is 0.0380 e. The summed E-state index contributed by atoms with van der Waals surface area (Å²) in [6.45, 7) is 11.4. The van der Waals surface area contributed by atoms with Crippen molar-refractivity contribution in [2.24, 2.45) is 5.41 Å². The summed E-state index contributed by atoms with van der Waals surface area (Å²) in [7, 11) is 6.91. The van der Waals surface area contributed by atoms with Gasteiger partial charge in [-0.2, -0.15) is 0 Å². The lowest BCUT2D eigenvalue weighted by Crippen LogP contribution is -2.19. The van der Waals surface area contributed by atoms with Crippen LogP contribution in [0.4, 0.5) is 0 Å². The van der Waals surface area contributed by atoms with Crippen LogP contribution in [-0.2, 0) is 0 Å². The van der Waals surface area contributed by atoms with Crippen molar-refractivity contribution in [2.75, 3.05) is 5.75 Å². The van der Waals surface area contributed by atoms with Gasteiger partial charge in [0.25, 0.3) is 0 Å². The van der Waals surface area contributed by atoms with E-state index in [1.807, 2.05) is 21.6 Å². The van der Waals surface area contributed by atoms with Crippen LogP contribution in [0.15, 0.2) is 0 Å². The van der Waals surface area contributed by atoms with E-state index >= 15 is 0 Å². The van der Waals surface area contributed by atoms with E-state index in [4.69, 9.17) is 0 Å². The van der Waals surface area contributed by atoms with Gasteiger partial charge in [0.15, 0.2) is 0 Å². The van der Waals surface area contributed by atoms with Crippen LogP contribution in [0.3, 0.4) is 0 Å². The van der Waals surface area contributed by atoms with Gasteiger partial charge in [-0.1, -0.05) is 49.3 Å². The van der Waals surface area contributed by atoms with E-state index in [0.717, 1.165) is 0 Å². The third kappa shape index (κ3) is 7.76. The average Bonchev–Trinajstić information content (AvgIpc) is 1.78. The van der Waals surface area contributed by atoms with E-state index in [0.29, 0.717) is 9.90 Å². The van der Waals surface area contributed by atoms with Gasteiger partial charge >= 0.3 is 0 Å². The zero-order valence-electron chi connectivity index (χ0n) is 8.81. The second-order valence-corrected chi connectivity index (χ2v) is 9.35. The highest BCUT2D eigenvalue weighted by Gasteiger charge is 2.26. The minimum Gasteiger partial charge on any atom is -0.120 e. The minimum absolute atomic E-state index is 0.332. The predicted octanol–water partition coefficient (Wildman–Crippen LogP) is 4.42. The summed E-state index contributed by atoms with van der Waals surface area (Å²) in [5, 5.41) is 0. The molecule has 0 spiro atoms. The van der Waals surface area contributed by atoms with E-state index in [-0.39, 0.29) is 0 Å². The van der Waals surface area contributed by atoms with Crippen molar-refractivity contribution in [3.05, 3.63) is 0 Å². The fraction of sp³-hybridized carbons (Fsp3) is 1.00. The van der Waals surface area contributed by atoms with Crippen molar-refractivity contribution in [3.8, 4) is 0 Å². The van der Waals surface area contributed by atoms with E-state index in [2.05, 4.69) is 43.9 Å². The van der Waals surface area contributed by atoms with Crippen LogP contribution in [0, 0.1) is 5.41 Å². The molecule has 0 nitrogen and oxygen atoms in total. The van der Waals surface area contributed by atoms with Crippen molar-refractivity contribution in [1.29, 1.82) is 0 Å². The second-order valence-electron chi connectivity index (χ2n) is 4.54. The molecule has 0 aliphatic heterocycles. The molecule has 0 aliphatic carbocycles. The maximum atomic E-state index is 2.97. The topological polar surface area (TPSA) is 0 Å². The quantitative estimate of drug-likeness (QED) is 0.512. The highest BCUT2D eigenvalue weighted by Crippen LogP contribution is 2.47. The average molecular weight is 224 g/mol. The molecule has 2 atom stereocenters. The molecule has 0 aromatic carbocycles. The third-order valence-electron chi connectivity index (χ3n) is 1.25. The second kappa shape index (κ2) is 5.12. The first-order chi connectivity index (χ1) is 5.27. The monoisotopic (exact) mass is 224 g/mol. The zero-order valence-corrected chi connectivity index (χ0v) is 11.6. The smallest absolute Gasteiger partial charge is 0.0380 e. The fourth-order valence-corrected chi connectivity index (χ4v) is 4.72. The Labute approximate surface area is 87.6 Å². The molecule has 0 aromatic heterocycles. The molecule has 74 valence electrons. The predicted molar refractivity (Wildman–Crippen MR) is 67.9 cm³/mol. The standard InChI is InChI=1S/C9H21PS2/c1-6-11-12-9(5,10)7-8(2,3)4/h6-7,10H2,1-5H3. The van der Waals surface area contributed by atoms with Crippen LogP contribution < -0.4 is 0 Å².